The highest BCUT2D eigenvalue weighted by Gasteiger charge is 2.44. The summed E-state index contributed by atoms with van der Waals surface area (Å²) in [7, 11) is 3.28. The Hall–Kier alpha value is -3.10. The second-order valence-corrected chi connectivity index (χ2v) is 7.95. The molecule has 1 aliphatic rings. The highest BCUT2D eigenvalue weighted by molar-refractivity contribution is 6.36. The Labute approximate surface area is 182 Å². The molecule has 2 aromatic carbocycles. The first-order valence-corrected chi connectivity index (χ1v) is 9.82. The van der Waals surface area contributed by atoms with Crippen LogP contribution in [0.4, 0.5) is 4.39 Å². The van der Waals surface area contributed by atoms with Crippen LogP contribution in [-0.4, -0.2) is 41.9 Å². The van der Waals surface area contributed by atoms with Crippen LogP contribution in [0, 0.1) is 12.7 Å². The molecule has 3 aromatic rings. The maximum atomic E-state index is 14.7. The van der Waals surface area contributed by atoms with Gasteiger partial charge >= 0.3 is 5.97 Å². The quantitative estimate of drug-likeness (QED) is 0.624. The lowest BCUT2D eigenvalue weighted by Crippen LogP contribution is -2.60. The zero-order chi connectivity index (χ0) is 22.5. The average molecular weight is 447 g/mol. The molecule has 162 valence electrons. The molecule has 0 radical (unpaired) electrons. The fourth-order valence-electron chi connectivity index (χ4n) is 3.86. The number of methoxy groups -OCH3 is 1. The van der Waals surface area contributed by atoms with Crippen molar-refractivity contribution in [2.24, 2.45) is 7.05 Å². The van der Waals surface area contributed by atoms with Crippen molar-refractivity contribution in [1.29, 1.82) is 0 Å². The summed E-state index contributed by atoms with van der Waals surface area (Å²) in [5.74, 6) is -1.78. The largest absolute Gasteiger partial charge is 0.496 e. The van der Waals surface area contributed by atoms with Crippen LogP contribution in [-0.2, 0) is 17.3 Å². The van der Waals surface area contributed by atoms with Crippen molar-refractivity contribution in [3.63, 3.8) is 0 Å². The maximum Gasteiger partial charge on any atom is 0.335 e. The van der Waals surface area contributed by atoms with Crippen molar-refractivity contribution in [2.75, 3.05) is 20.3 Å². The number of carboxylic acids is 1. The number of nitrogens with zero attached hydrogens (tertiary/aromatic N) is 1. The van der Waals surface area contributed by atoms with Crippen molar-refractivity contribution in [3.05, 3.63) is 63.6 Å². The average Bonchev–Trinajstić information content (AvgIpc) is 3.04. The van der Waals surface area contributed by atoms with Gasteiger partial charge in [-0.2, -0.15) is 0 Å². The first-order chi connectivity index (χ1) is 14.7. The van der Waals surface area contributed by atoms with Gasteiger partial charge in [0.1, 0.15) is 22.8 Å². The number of halogens is 2. The van der Waals surface area contributed by atoms with E-state index < -0.39 is 23.2 Å². The minimum atomic E-state index is -1.23. The summed E-state index contributed by atoms with van der Waals surface area (Å²) in [5, 5.41) is 13.1. The lowest BCUT2D eigenvalue weighted by Gasteiger charge is -2.42. The summed E-state index contributed by atoms with van der Waals surface area (Å²) in [6, 6.07) is 7.10. The molecule has 0 saturated carbocycles. The molecule has 2 heterocycles. The number of ether oxygens (including phenoxy) is 2. The van der Waals surface area contributed by atoms with Crippen LogP contribution in [0.2, 0.25) is 5.02 Å². The highest BCUT2D eigenvalue weighted by atomic mass is 35.5. The summed E-state index contributed by atoms with van der Waals surface area (Å²) < 4.78 is 27.0. The van der Waals surface area contributed by atoms with E-state index in [2.05, 4.69) is 5.32 Å². The van der Waals surface area contributed by atoms with Crippen LogP contribution in [0.5, 0.6) is 5.75 Å². The third-order valence-electron chi connectivity index (χ3n) is 5.72. The topological polar surface area (TPSA) is 89.8 Å². The van der Waals surface area contributed by atoms with Crippen LogP contribution < -0.4 is 10.1 Å². The van der Waals surface area contributed by atoms with E-state index in [4.69, 9.17) is 26.2 Å². The lowest BCUT2D eigenvalue weighted by molar-refractivity contribution is -0.0750. The minimum Gasteiger partial charge on any atom is -0.496 e. The monoisotopic (exact) mass is 446 g/mol. The van der Waals surface area contributed by atoms with E-state index in [9.17, 15) is 14.0 Å². The van der Waals surface area contributed by atoms with E-state index in [1.165, 1.54) is 12.1 Å². The van der Waals surface area contributed by atoms with E-state index in [0.29, 0.717) is 27.4 Å². The third-order valence-corrected chi connectivity index (χ3v) is 6.20. The molecule has 7 nitrogen and oxygen atoms in total. The van der Waals surface area contributed by atoms with Gasteiger partial charge in [-0.05, 0) is 25.1 Å². The van der Waals surface area contributed by atoms with E-state index >= 15 is 0 Å². The van der Waals surface area contributed by atoms with Gasteiger partial charge in [-0.15, -0.1) is 0 Å². The number of rotatable bonds is 5. The van der Waals surface area contributed by atoms with Crippen LogP contribution in [0.3, 0.4) is 0 Å². The minimum absolute atomic E-state index is 0.0692. The summed E-state index contributed by atoms with van der Waals surface area (Å²) in [4.78, 5) is 24.3. The molecule has 1 amide bonds. The number of carbonyl (C=O) groups is 2. The Morgan fingerprint density at radius 1 is 1.29 bits per heavy atom. The number of hydrogen-bond donors (Lipinski definition) is 2. The van der Waals surface area contributed by atoms with Crippen molar-refractivity contribution >= 4 is 34.4 Å². The first kappa shape index (κ1) is 21.1. The number of benzene rings is 2. The molecule has 1 saturated heterocycles. The van der Waals surface area contributed by atoms with Crippen LogP contribution >= 0.6 is 11.6 Å². The van der Waals surface area contributed by atoms with Gasteiger partial charge in [0.25, 0.3) is 5.91 Å². The molecule has 0 atom stereocenters. The molecule has 1 aliphatic heterocycles. The summed E-state index contributed by atoms with van der Waals surface area (Å²) >= 11 is 6.49. The standard InChI is InChI=1S/C22H20ClFN2O5/c1-11-18(30-3)8-16-13(19(11)23)7-17(26(16)2)20(27)25-22(9-31-10-22)14-5-4-12(21(28)29)6-15(14)24/h4-8H,9-10H2,1-3H3,(H,25,27)(H,28,29). The summed E-state index contributed by atoms with van der Waals surface area (Å²) in [6.07, 6.45) is 0. The van der Waals surface area contributed by atoms with Crippen LogP contribution in [0.15, 0.2) is 30.3 Å². The summed E-state index contributed by atoms with van der Waals surface area (Å²) in [5.41, 5.74) is 0.721. The number of aromatic carboxylic acids is 1. The smallest absolute Gasteiger partial charge is 0.335 e. The Balaban J connectivity index is 1.72. The molecular formula is C22H20ClFN2O5. The Morgan fingerprint density at radius 3 is 2.55 bits per heavy atom. The Kier molecular flexibility index (Phi) is 5.15. The van der Waals surface area contributed by atoms with Gasteiger partial charge in [-0.25, -0.2) is 9.18 Å². The number of fused-ring (bicyclic) bond motifs is 1. The van der Waals surface area contributed by atoms with Gasteiger partial charge in [-0.1, -0.05) is 17.7 Å². The predicted octanol–water partition coefficient (Wildman–Crippen LogP) is 3.64. The van der Waals surface area contributed by atoms with E-state index in [-0.39, 0.29) is 24.3 Å². The Bertz CT molecular complexity index is 1230. The van der Waals surface area contributed by atoms with Crippen LogP contribution in [0.25, 0.3) is 10.9 Å². The molecule has 0 spiro atoms. The number of carboxylic acid groups (broad SMARTS) is 1. The first-order valence-electron chi connectivity index (χ1n) is 9.44. The molecule has 4 rings (SSSR count). The van der Waals surface area contributed by atoms with Gasteiger partial charge in [0.15, 0.2) is 0 Å². The normalized spacial score (nSPS) is 14.9. The van der Waals surface area contributed by atoms with Crippen molar-refractivity contribution in [2.45, 2.75) is 12.5 Å². The van der Waals surface area contributed by atoms with Gasteiger partial charge in [0.05, 0.1) is 36.4 Å². The second-order valence-electron chi connectivity index (χ2n) is 7.57. The van der Waals surface area contributed by atoms with E-state index in [1.54, 1.807) is 30.9 Å². The van der Waals surface area contributed by atoms with Crippen LogP contribution in [0.1, 0.15) is 32.0 Å². The van der Waals surface area contributed by atoms with Crippen molar-refractivity contribution in [3.8, 4) is 5.75 Å². The fraction of sp³-hybridized carbons (Fsp3) is 0.273. The highest BCUT2D eigenvalue weighted by Crippen LogP contribution is 2.37. The molecule has 0 aliphatic carbocycles. The molecule has 1 fully saturated rings. The molecule has 2 N–H and O–H groups in total. The number of carbonyl (C=O) groups excluding carboxylic acids is 1. The fourth-order valence-corrected chi connectivity index (χ4v) is 4.10. The third kappa shape index (κ3) is 3.32. The second kappa shape index (κ2) is 7.55. The lowest BCUT2D eigenvalue weighted by atomic mass is 9.86. The number of amides is 1. The Morgan fingerprint density at radius 2 is 2.00 bits per heavy atom. The van der Waals surface area contributed by atoms with Gasteiger partial charge in [0, 0.05) is 29.6 Å². The predicted molar refractivity (Wildman–Crippen MR) is 113 cm³/mol. The zero-order valence-corrected chi connectivity index (χ0v) is 17.8. The molecule has 0 bridgehead atoms. The molecule has 31 heavy (non-hydrogen) atoms. The number of hydrogen-bond acceptors (Lipinski definition) is 4. The molecule has 0 unspecified atom stereocenters. The van der Waals surface area contributed by atoms with Gasteiger partial charge in [-0.3, -0.25) is 4.79 Å². The maximum absolute atomic E-state index is 14.7. The summed E-state index contributed by atoms with van der Waals surface area (Å²) in [6.45, 7) is 1.97. The van der Waals surface area contributed by atoms with Crippen molar-refractivity contribution < 1.29 is 28.6 Å². The number of nitrogens with one attached hydrogen (secondary N) is 1. The van der Waals surface area contributed by atoms with E-state index in [0.717, 1.165) is 11.6 Å². The molecule has 1 aromatic heterocycles. The zero-order valence-electron chi connectivity index (χ0n) is 17.1. The number of aryl methyl sites for hydroxylation is 1. The van der Waals surface area contributed by atoms with Gasteiger partial charge < -0.3 is 24.5 Å². The number of aromatic nitrogens is 1. The van der Waals surface area contributed by atoms with E-state index in [1.807, 2.05) is 6.92 Å². The molecular weight excluding hydrogens is 427 g/mol. The van der Waals surface area contributed by atoms with Gasteiger partial charge in [0.2, 0.25) is 0 Å². The van der Waals surface area contributed by atoms with Crippen molar-refractivity contribution in [1.82, 2.24) is 9.88 Å². The SMILES string of the molecule is COc1cc2c(cc(C(=O)NC3(c4ccc(C(=O)O)cc4F)COC3)n2C)c(Cl)c1C. The molecule has 9 heteroatoms.